The molecule has 0 aliphatic heterocycles. The number of carboxylic acid groups (broad SMARTS) is 1. The van der Waals surface area contributed by atoms with Gasteiger partial charge < -0.3 is 10.0 Å². The molecule has 0 unspecified atom stereocenters. The number of benzene rings is 1. The van der Waals surface area contributed by atoms with Crippen LogP contribution in [0, 0.1) is 12.7 Å². The molecule has 0 saturated carbocycles. The van der Waals surface area contributed by atoms with Crippen molar-refractivity contribution in [2.24, 2.45) is 0 Å². The highest BCUT2D eigenvalue weighted by atomic mass is 19.1. The standard InChI is InChI=1S/C13H16FNO3/c1-3-15(7-6-12(16)17)13(18)10-8-9(2)4-5-11(10)14/h4-5,8H,3,6-7H2,1-2H3,(H,16,17). The van der Waals surface area contributed by atoms with Crippen LogP contribution in [0.2, 0.25) is 0 Å². The van der Waals surface area contributed by atoms with Crippen molar-refractivity contribution in [2.45, 2.75) is 20.3 Å². The first-order valence-electron chi connectivity index (χ1n) is 5.73. The van der Waals surface area contributed by atoms with Gasteiger partial charge in [-0.15, -0.1) is 0 Å². The normalized spacial score (nSPS) is 10.2. The van der Waals surface area contributed by atoms with Crippen LogP contribution < -0.4 is 0 Å². The van der Waals surface area contributed by atoms with Crippen LogP contribution in [0.25, 0.3) is 0 Å². The third-order valence-corrected chi connectivity index (χ3v) is 2.62. The minimum Gasteiger partial charge on any atom is -0.481 e. The number of carbonyl (C=O) groups is 2. The SMILES string of the molecule is CCN(CCC(=O)O)C(=O)c1cc(C)ccc1F. The molecule has 1 N–H and O–H groups in total. The second-order valence-electron chi connectivity index (χ2n) is 4.01. The summed E-state index contributed by atoms with van der Waals surface area (Å²) < 4.78 is 13.6. The molecule has 0 heterocycles. The fourth-order valence-corrected chi connectivity index (χ4v) is 1.61. The van der Waals surface area contributed by atoms with E-state index < -0.39 is 17.7 Å². The first-order chi connectivity index (χ1) is 8.45. The predicted molar refractivity (Wildman–Crippen MR) is 65.0 cm³/mol. The minimum atomic E-state index is -0.981. The van der Waals surface area contributed by atoms with Gasteiger partial charge in [0.2, 0.25) is 0 Å². The zero-order chi connectivity index (χ0) is 13.7. The van der Waals surface area contributed by atoms with Crippen LogP contribution in [0.5, 0.6) is 0 Å². The summed E-state index contributed by atoms with van der Waals surface area (Å²) in [6, 6.07) is 4.30. The number of carbonyl (C=O) groups excluding carboxylic acids is 1. The van der Waals surface area contributed by atoms with Crippen molar-refractivity contribution in [2.75, 3.05) is 13.1 Å². The van der Waals surface area contributed by atoms with Crippen LogP contribution in [-0.2, 0) is 4.79 Å². The fourth-order valence-electron chi connectivity index (χ4n) is 1.61. The lowest BCUT2D eigenvalue weighted by molar-refractivity contribution is -0.137. The second-order valence-corrected chi connectivity index (χ2v) is 4.01. The third-order valence-electron chi connectivity index (χ3n) is 2.62. The van der Waals surface area contributed by atoms with E-state index in [1.54, 1.807) is 19.9 Å². The Morgan fingerprint density at radius 1 is 1.39 bits per heavy atom. The summed E-state index contributed by atoms with van der Waals surface area (Å²) in [7, 11) is 0. The van der Waals surface area contributed by atoms with E-state index in [-0.39, 0.29) is 18.5 Å². The van der Waals surface area contributed by atoms with E-state index in [2.05, 4.69) is 0 Å². The Labute approximate surface area is 105 Å². The Bertz CT molecular complexity index is 460. The largest absolute Gasteiger partial charge is 0.481 e. The van der Waals surface area contributed by atoms with Gasteiger partial charge in [0.1, 0.15) is 5.82 Å². The number of hydrogen-bond acceptors (Lipinski definition) is 2. The van der Waals surface area contributed by atoms with Gasteiger partial charge in [0.05, 0.1) is 12.0 Å². The van der Waals surface area contributed by atoms with Crippen molar-refractivity contribution in [1.29, 1.82) is 0 Å². The van der Waals surface area contributed by atoms with Crippen LogP contribution in [0.4, 0.5) is 4.39 Å². The van der Waals surface area contributed by atoms with Crippen molar-refractivity contribution in [3.05, 3.63) is 35.1 Å². The van der Waals surface area contributed by atoms with Crippen LogP contribution in [0.15, 0.2) is 18.2 Å². The lowest BCUT2D eigenvalue weighted by Crippen LogP contribution is -2.33. The van der Waals surface area contributed by atoms with E-state index in [0.717, 1.165) is 5.56 Å². The van der Waals surface area contributed by atoms with Crippen LogP contribution in [-0.4, -0.2) is 35.0 Å². The van der Waals surface area contributed by atoms with E-state index >= 15 is 0 Å². The topological polar surface area (TPSA) is 57.6 Å². The van der Waals surface area contributed by atoms with E-state index in [4.69, 9.17) is 5.11 Å². The van der Waals surface area contributed by atoms with Crippen molar-refractivity contribution in [1.82, 2.24) is 4.90 Å². The molecule has 0 fully saturated rings. The summed E-state index contributed by atoms with van der Waals surface area (Å²) in [6.45, 7) is 3.93. The number of amides is 1. The van der Waals surface area contributed by atoms with E-state index in [9.17, 15) is 14.0 Å². The number of rotatable bonds is 5. The lowest BCUT2D eigenvalue weighted by atomic mass is 10.1. The average molecular weight is 253 g/mol. The minimum absolute atomic E-state index is 0.0118. The van der Waals surface area contributed by atoms with Gasteiger partial charge in [-0.1, -0.05) is 11.6 Å². The Morgan fingerprint density at radius 2 is 2.06 bits per heavy atom. The summed E-state index contributed by atoms with van der Waals surface area (Å²) in [5, 5.41) is 8.60. The number of aliphatic carboxylic acids is 1. The van der Waals surface area contributed by atoms with E-state index in [1.807, 2.05) is 0 Å². The Morgan fingerprint density at radius 3 is 2.61 bits per heavy atom. The quantitative estimate of drug-likeness (QED) is 0.874. The average Bonchev–Trinajstić information content (AvgIpc) is 2.32. The molecular formula is C13H16FNO3. The zero-order valence-corrected chi connectivity index (χ0v) is 10.4. The van der Waals surface area contributed by atoms with Crippen molar-refractivity contribution >= 4 is 11.9 Å². The molecule has 0 bridgehead atoms. The summed E-state index contributed by atoms with van der Waals surface area (Å²) in [6.07, 6.45) is -0.146. The maximum atomic E-state index is 13.6. The molecule has 1 amide bonds. The molecule has 1 aromatic carbocycles. The molecule has 0 atom stereocenters. The number of halogens is 1. The molecule has 1 rings (SSSR count). The number of nitrogens with zero attached hydrogens (tertiary/aromatic N) is 1. The molecule has 98 valence electrons. The monoisotopic (exact) mass is 253 g/mol. The van der Waals surface area contributed by atoms with Crippen molar-refractivity contribution < 1.29 is 19.1 Å². The van der Waals surface area contributed by atoms with Gasteiger partial charge in [-0.3, -0.25) is 9.59 Å². The van der Waals surface area contributed by atoms with Crippen LogP contribution in [0.1, 0.15) is 29.3 Å². The fraction of sp³-hybridized carbons (Fsp3) is 0.385. The molecular weight excluding hydrogens is 237 g/mol. The first-order valence-corrected chi connectivity index (χ1v) is 5.73. The molecule has 4 nitrogen and oxygen atoms in total. The Balaban J connectivity index is 2.89. The van der Waals surface area contributed by atoms with E-state index in [0.29, 0.717) is 6.54 Å². The highest BCUT2D eigenvalue weighted by molar-refractivity contribution is 5.94. The molecule has 0 aromatic heterocycles. The smallest absolute Gasteiger partial charge is 0.305 e. The Kier molecular flexibility index (Phi) is 4.83. The third kappa shape index (κ3) is 3.55. The number of carboxylic acids is 1. The molecule has 0 aliphatic carbocycles. The van der Waals surface area contributed by atoms with Crippen molar-refractivity contribution in [3.63, 3.8) is 0 Å². The van der Waals surface area contributed by atoms with Gasteiger partial charge in [0.15, 0.2) is 0 Å². The maximum Gasteiger partial charge on any atom is 0.305 e. The second kappa shape index (κ2) is 6.14. The number of aryl methyl sites for hydroxylation is 1. The van der Waals surface area contributed by atoms with Crippen LogP contribution in [0.3, 0.4) is 0 Å². The van der Waals surface area contributed by atoms with Crippen LogP contribution >= 0.6 is 0 Å². The predicted octanol–water partition coefficient (Wildman–Crippen LogP) is 2.07. The van der Waals surface area contributed by atoms with E-state index in [1.165, 1.54) is 17.0 Å². The molecule has 5 heteroatoms. The molecule has 0 saturated heterocycles. The summed E-state index contributed by atoms with van der Waals surface area (Å²) in [4.78, 5) is 23.9. The number of hydrogen-bond donors (Lipinski definition) is 1. The zero-order valence-electron chi connectivity index (χ0n) is 10.4. The maximum absolute atomic E-state index is 13.6. The van der Waals surface area contributed by atoms with Gasteiger partial charge >= 0.3 is 5.97 Å². The van der Waals surface area contributed by atoms with Gasteiger partial charge in [0.25, 0.3) is 5.91 Å². The summed E-state index contributed by atoms with van der Waals surface area (Å²) in [5.41, 5.74) is 0.774. The molecule has 0 radical (unpaired) electrons. The molecule has 18 heavy (non-hydrogen) atoms. The molecule has 1 aromatic rings. The van der Waals surface area contributed by atoms with Gasteiger partial charge in [-0.05, 0) is 26.0 Å². The van der Waals surface area contributed by atoms with Gasteiger partial charge in [0, 0.05) is 13.1 Å². The lowest BCUT2D eigenvalue weighted by Gasteiger charge is -2.20. The summed E-state index contributed by atoms with van der Waals surface area (Å²) >= 11 is 0. The molecule has 0 spiro atoms. The molecule has 0 aliphatic rings. The highest BCUT2D eigenvalue weighted by Crippen LogP contribution is 2.13. The summed E-state index contributed by atoms with van der Waals surface area (Å²) in [5.74, 6) is -2.04. The van der Waals surface area contributed by atoms with Crippen molar-refractivity contribution in [3.8, 4) is 0 Å². The first kappa shape index (κ1) is 14.2. The van der Waals surface area contributed by atoms with Gasteiger partial charge in [-0.25, -0.2) is 4.39 Å². The van der Waals surface area contributed by atoms with Gasteiger partial charge in [-0.2, -0.15) is 0 Å². The highest BCUT2D eigenvalue weighted by Gasteiger charge is 2.18. The Hall–Kier alpha value is -1.91.